The van der Waals surface area contributed by atoms with Gasteiger partial charge in [0.15, 0.2) is 9.84 Å². The number of benzene rings is 1. The molecule has 1 unspecified atom stereocenters. The standard InChI is InChI=1S/C14H21NO3S2/c1-20(16,17)14-6-4-13(5-7-14)19-10-8-15-11-12-3-2-9-18-12/h4-7,12,15H,2-3,8-11H2,1H3. The summed E-state index contributed by atoms with van der Waals surface area (Å²) in [6, 6.07) is 7.05. The normalized spacial score (nSPS) is 19.4. The largest absolute Gasteiger partial charge is 0.377 e. The van der Waals surface area contributed by atoms with E-state index in [9.17, 15) is 8.42 Å². The maximum atomic E-state index is 11.3. The Morgan fingerprint density at radius 2 is 2.10 bits per heavy atom. The predicted molar refractivity (Wildman–Crippen MR) is 82.1 cm³/mol. The van der Waals surface area contributed by atoms with Gasteiger partial charge in [-0.05, 0) is 37.1 Å². The molecule has 0 amide bonds. The van der Waals surface area contributed by atoms with Gasteiger partial charge in [0.1, 0.15) is 0 Å². The Hall–Kier alpha value is -0.560. The van der Waals surface area contributed by atoms with Crippen molar-refractivity contribution in [3.05, 3.63) is 24.3 Å². The summed E-state index contributed by atoms with van der Waals surface area (Å²) in [5, 5.41) is 3.39. The zero-order valence-electron chi connectivity index (χ0n) is 11.7. The Kier molecular flexibility index (Phi) is 5.89. The molecular weight excluding hydrogens is 294 g/mol. The van der Waals surface area contributed by atoms with Gasteiger partial charge in [-0.2, -0.15) is 0 Å². The van der Waals surface area contributed by atoms with Crippen LogP contribution < -0.4 is 5.32 Å². The van der Waals surface area contributed by atoms with Gasteiger partial charge in [-0.1, -0.05) is 0 Å². The molecule has 6 heteroatoms. The second-order valence-corrected chi connectivity index (χ2v) is 8.12. The van der Waals surface area contributed by atoms with Crippen molar-refractivity contribution >= 4 is 21.6 Å². The van der Waals surface area contributed by atoms with E-state index >= 15 is 0 Å². The number of sulfone groups is 1. The monoisotopic (exact) mass is 315 g/mol. The summed E-state index contributed by atoms with van der Waals surface area (Å²) in [6.45, 7) is 2.75. The van der Waals surface area contributed by atoms with Gasteiger partial charge in [-0.25, -0.2) is 8.42 Å². The van der Waals surface area contributed by atoms with Gasteiger partial charge in [0.05, 0.1) is 11.0 Å². The van der Waals surface area contributed by atoms with Crippen molar-refractivity contribution in [2.75, 3.05) is 31.7 Å². The summed E-state index contributed by atoms with van der Waals surface area (Å²) in [5.41, 5.74) is 0. The lowest BCUT2D eigenvalue weighted by atomic mass is 10.2. The van der Waals surface area contributed by atoms with Gasteiger partial charge in [-0.3, -0.25) is 0 Å². The van der Waals surface area contributed by atoms with E-state index in [1.807, 2.05) is 12.1 Å². The fourth-order valence-corrected chi connectivity index (χ4v) is 3.53. The number of hydrogen-bond acceptors (Lipinski definition) is 5. The molecule has 1 aliphatic heterocycles. The van der Waals surface area contributed by atoms with Gasteiger partial charge in [0, 0.05) is 36.6 Å². The maximum absolute atomic E-state index is 11.3. The quantitative estimate of drug-likeness (QED) is 0.616. The van der Waals surface area contributed by atoms with E-state index in [-0.39, 0.29) is 0 Å². The van der Waals surface area contributed by atoms with Crippen LogP contribution in [0.25, 0.3) is 0 Å². The third-order valence-electron chi connectivity index (χ3n) is 3.20. The molecule has 0 aromatic heterocycles. The number of thioether (sulfide) groups is 1. The molecule has 2 rings (SSSR count). The van der Waals surface area contributed by atoms with Gasteiger partial charge >= 0.3 is 0 Å². The van der Waals surface area contributed by atoms with E-state index in [2.05, 4.69) is 5.32 Å². The zero-order valence-corrected chi connectivity index (χ0v) is 13.3. The van der Waals surface area contributed by atoms with Gasteiger partial charge in [0.2, 0.25) is 0 Å². The number of hydrogen-bond donors (Lipinski definition) is 1. The van der Waals surface area contributed by atoms with E-state index in [1.54, 1.807) is 23.9 Å². The molecule has 1 aliphatic rings. The molecule has 1 aromatic carbocycles. The average molecular weight is 315 g/mol. The highest BCUT2D eigenvalue weighted by Crippen LogP contribution is 2.19. The van der Waals surface area contributed by atoms with E-state index in [0.717, 1.165) is 36.8 Å². The van der Waals surface area contributed by atoms with Crippen molar-refractivity contribution in [2.45, 2.75) is 28.7 Å². The SMILES string of the molecule is CS(=O)(=O)c1ccc(SCCNCC2CCCO2)cc1. The van der Waals surface area contributed by atoms with E-state index in [1.165, 1.54) is 12.7 Å². The van der Waals surface area contributed by atoms with Crippen LogP contribution in [0.15, 0.2) is 34.1 Å². The third-order valence-corrected chi connectivity index (χ3v) is 5.34. The zero-order chi connectivity index (χ0) is 14.4. The lowest BCUT2D eigenvalue weighted by Gasteiger charge is -2.10. The molecule has 1 saturated heterocycles. The van der Waals surface area contributed by atoms with Crippen LogP contribution in [0.1, 0.15) is 12.8 Å². The Morgan fingerprint density at radius 1 is 1.35 bits per heavy atom. The van der Waals surface area contributed by atoms with Crippen LogP contribution in [0.3, 0.4) is 0 Å². The van der Waals surface area contributed by atoms with Crippen molar-refractivity contribution in [1.82, 2.24) is 5.32 Å². The molecule has 0 radical (unpaired) electrons. The molecule has 0 spiro atoms. The first-order chi connectivity index (χ1) is 9.55. The molecule has 1 heterocycles. The number of ether oxygens (including phenoxy) is 1. The van der Waals surface area contributed by atoms with Crippen molar-refractivity contribution in [3.63, 3.8) is 0 Å². The second-order valence-electron chi connectivity index (χ2n) is 4.93. The first-order valence-corrected chi connectivity index (χ1v) is 9.68. The first kappa shape index (κ1) is 15.8. The summed E-state index contributed by atoms with van der Waals surface area (Å²) >= 11 is 1.72. The van der Waals surface area contributed by atoms with Crippen LogP contribution in [0, 0.1) is 0 Å². The lowest BCUT2D eigenvalue weighted by molar-refractivity contribution is 0.110. The van der Waals surface area contributed by atoms with Gasteiger partial charge < -0.3 is 10.1 Å². The lowest BCUT2D eigenvalue weighted by Crippen LogP contribution is -2.27. The highest BCUT2D eigenvalue weighted by atomic mass is 32.2. The maximum Gasteiger partial charge on any atom is 0.175 e. The minimum Gasteiger partial charge on any atom is -0.377 e. The van der Waals surface area contributed by atoms with Gasteiger partial charge in [-0.15, -0.1) is 11.8 Å². The Labute approximate surface area is 125 Å². The minimum atomic E-state index is -3.09. The molecule has 112 valence electrons. The molecule has 1 atom stereocenters. The van der Waals surface area contributed by atoms with Crippen LogP contribution >= 0.6 is 11.8 Å². The fraction of sp³-hybridized carbons (Fsp3) is 0.571. The van der Waals surface area contributed by atoms with Crippen LogP contribution in [-0.4, -0.2) is 46.2 Å². The highest BCUT2D eigenvalue weighted by molar-refractivity contribution is 7.99. The average Bonchev–Trinajstić information content (AvgIpc) is 2.91. The Balaban J connectivity index is 1.66. The third kappa shape index (κ3) is 5.09. The smallest absolute Gasteiger partial charge is 0.175 e. The highest BCUT2D eigenvalue weighted by Gasteiger charge is 2.14. The van der Waals surface area contributed by atoms with E-state index in [0.29, 0.717) is 11.0 Å². The molecule has 1 fully saturated rings. The van der Waals surface area contributed by atoms with Crippen LogP contribution in [-0.2, 0) is 14.6 Å². The number of rotatable bonds is 7. The van der Waals surface area contributed by atoms with Crippen molar-refractivity contribution in [2.24, 2.45) is 0 Å². The summed E-state index contributed by atoms with van der Waals surface area (Å²) < 4.78 is 28.2. The van der Waals surface area contributed by atoms with E-state index in [4.69, 9.17) is 4.74 Å². The van der Waals surface area contributed by atoms with Gasteiger partial charge in [0.25, 0.3) is 0 Å². The summed E-state index contributed by atoms with van der Waals surface area (Å²) in [6.07, 6.45) is 3.94. The predicted octanol–water partition coefficient (Wildman–Crippen LogP) is 1.95. The topological polar surface area (TPSA) is 55.4 Å². The van der Waals surface area contributed by atoms with Crippen molar-refractivity contribution in [3.8, 4) is 0 Å². The molecule has 0 saturated carbocycles. The molecule has 4 nitrogen and oxygen atoms in total. The van der Waals surface area contributed by atoms with E-state index < -0.39 is 9.84 Å². The fourth-order valence-electron chi connectivity index (χ4n) is 2.09. The van der Waals surface area contributed by atoms with Crippen molar-refractivity contribution < 1.29 is 13.2 Å². The number of nitrogens with one attached hydrogen (secondary N) is 1. The summed E-state index contributed by atoms with van der Waals surface area (Å²) in [7, 11) is -3.09. The van der Waals surface area contributed by atoms with Crippen LogP contribution in [0.2, 0.25) is 0 Å². The molecular formula is C14H21NO3S2. The van der Waals surface area contributed by atoms with Crippen LogP contribution in [0.5, 0.6) is 0 Å². The Morgan fingerprint density at radius 3 is 2.70 bits per heavy atom. The summed E-state index contributed by atoms with van der Waals surface area (Å²) in [5.74, 6) is 0.963. The molecule has 1 N–H and O–H groups in total. The molecule has 20 heavy (non-hydrogen) atoms. The first-order valence-electron chi connectivity index (χ1n) is 6.81. The van der Waals surface area contributed by atoms with Crippen molar-refractivity contribution in [1.29, 1.82) is 0 Å². The molecule has 1 aromatic rings. The minimum absolute atomic E-state index is 0.373. The van der Waals surface area contributed by atoms with Crippen LogP contribution in [0.4, 0.5) is 0 Å². The molecule has 0 bridgehead atoms. The second kappa shape index (κ2) is 7.45. The summed E-state index contributed by atoms with van der Waals surface area (Å²) in [4.78, 5) is 1.47. The molecule has 0 aliphatic carbocycles. The Bertz CT molecular complexity index is 508.